The number of aryl methyl sites for hydroxylation is 1. The largest absolute Gasteiger partial charge is 0.371 e. The zero-order valence-corrected chi connectivity index (χ0v) is 8.89. The number of hydrogen-bond donors (Lipinski definition) is 0. The van der Waals surface area contributed by atoms with Crippen LogP contribution in [0.5, 0.6) is 0 Å². The first-order valence-corrected chi connectivity index (χ1v) is 5.38. The van der Waals surface area contributed by atoms with Crippen molar-refractivity contribution in [2.24, 2.45) is 5.92 Å². The fourth-order valence-electron chi connectivity index (χ4n) is 2.04. The van der Waals surface area contributed by atoms with E-state index >= 15 is 0 Å². The van der Waals surface area contributed by atoms with Gasteiger partial charge in [0.15, 0.2) is 0 Å². The third-order valence-electron chi connectivity index (χ3n) is 2.86. The molecule has 2 heterocycles. The van der Waals surface area contributed by atoms with Crippen molar-refractivity contribution >= 4 is 0 Å². The average molecular weight is 205 g/mol. The summed E-state index contributed by atoms with van der Waals surface area (Å²) in [5.74, 6) is -0.0271. The standard InChI is InChI=1S/C11H15N3O/c1-2-14-8-13-7-10(14)11-9(6-12)4-3-5-15-11/h7-9,11H,2-5H2,1H3. The van der Waals surface area contributed by atoms with Crippen molar-refractivity contribution in [2.45, 2.75) is 32.4 Å². The summed E-state index contributed by atoms with van der Waals surface area (Å²) in [5, 5.41) is 9.06. The summed E-state index contributed by atoms with van der Waals surface area (Å²) in [7, 11) is 0. The molecular formula is C11H15N3O. The monoisotopic (exact) mass is 205 g/mol. The maximum absolute atomic E-state index is 9.06. The summed E-state index contributed by atoms with van der Waals surface area (Å²) < 4.78 is 7.73. The van der Waals surface area contributed by atoms with E-state index in [0.29, 0.717) is 0 Å². The number of rotatable bonds is 2. The van der Waals surface area contributed by atoms with Gasteiger partial charge in [-0.2, -0.15) is 5.26 Å². The van der Waals surface area contributed by atoms with Gasteiger partial charge in [-0.15, -0.1) is 0 Å². The molecule has 0 N–H and O–H groups in total. The fraction of sp³-hybridized carbons (Fsp3) is 0.636. The van der Waals surface area contributed by atoms with Crippen molar-refractivity contribution in [2.75, 3.05) is 6.61 Å². The van der Waals surface area contributed by atoms with E-state index in [0.717, 1.165) is 31.7 Å². The van der Waals surface area contributed by atoms with Crippen molar-refractivity contribution < 1.29 is 4.74 Å². The molecule has 2 rings (SSSR count). The number of imidazole rings is 1. The normalized spacial score (nSPS) is 26.1. The molecule has 1 fully saturated rings. The van der Waals surface area contributed by atoms with E-state index in [-0.39, 0.29) is 12.0 Å². The molecule has 15 heavy (non-hydrogen) atoms. The lowest BCUT2D eigenvalue weighted by Crippen LogP contribution is -2.23. The van der Waals surface area contributed by atoms with Crippen LogP contribution >= 0.6 is 0 Å². The van der Waals surface area contributed by atoms with Crippen LogP contribution in [0.25, 0.3) is 0 Å². The van der Waals surface area contributed by atoms with Crippen molar-refractivity contribution in [3.63, 3.8) is 0 Å². The van der Waals surface area contributed by atoms with E-state index in [1.54, 1.807) is 6.33 Å². The maximum Gasteiger partial charge on any atom is 0.115 e. The topological polar surface area (TPSA) is 50.8 Å². The summed E-state index contributed by atoms with van der Waals surface area (Å²) in [6.07, 6.45) is 5.42. The van der Waals surface area contributed by atoms with Crippen LogP contribution in [-0.2, 0) is 11.3 Å². The van der Waals surface area contributed by atoms with Gasteiger partial charge in [0.25, 0.3) is 0 Å². The van der Waals surface area contributed by atoms with Crippen LogP contribution in [-0.4, -0.2) is 16.2 Å². The zero-order valence-electron chi connectivity index (χ0n) is 8.89. The Bertz CT molecular complexity index is 366. The van der Waals surface area contributed by atoms with Gasteiger partial charge in [0, 0.05) is 13.2 Å². The lowest BCUT2D eigenvalue weighted by atomic mass is 9.94. The van der Waals surface area contributed by atoms with Gasteiger partial charge in [-0.05, 0) is 19.8 Å². The molecule has 4 heteroatoms. The second-order valence-corrected chi connectivity index (χ2v) is 3.77. The Morgan fingerprint density at radius 2 is 2.60 bits per heavy atom. The number of nitriles is 1. The molecule has 1 aromatic rings. The highest BCUT2D eigenvalue weighted by Gasteiger charge is 2.29. The summed E-state index contributed by atoms with van der Waals surface area (Å²) >= 11 is 0. The molecule has 1 aromatic heterocycles. The van der Waals surface area contributed by atoms with Crippen molar-refractivity contribution in [3.05, 3.63) is 18.2 Å². The molecule has 0 spiro atoms. The minimum Gasteiger partial charge on any atom is -0.371 e. The average Bonchev–Trinajstić information content (AvgIpc) is 2.76. The Morgan fingerprint density at radius 1 is 1.73 bits per heavy atom. The van der Waals surface area contributed by atoms with Gasteiger partial charge < -0.3 is 9.30 Å². The first-order valence-electron chi connectivity index (χ1n) is 5.38. The number of nitrogens with zero attached hydrogens (tertiary/aromatic N) is 3. The predicted octanol–water partition coefficient (Wildman–Crippen LogP) is 1.89. The SMILES string of the molecule is CCn1cncc1C1OCCCC1C#N. The van der Waals surface area contributed by atoms with Crippen molar-refractivity contribution in [3.8, 4) is 6.07 Å². The molecule has 2 atom stereocenters. The van der Waals surface area contributed by atoms with Crippen molar-refractivity contribution in [1.82, 2.24) is 9.55 Å². The first kappa shape index (κ1) is 10.2. The van der Waals surface area contributed by atoms with E-state index in [4.69, 9.17) is 10.00 Å². The summed E-state index contributed by atoms with van der Waals surface area (Å²) in [6, 6.07) is 2.33. The van der Waals surface area contributed by atoms with Gasteiger partial charge in [0.2, 0.25) is 0 Å². The highest BCUT2D eigenvalue weighted by molar-refractivity contribution is 5.09. The molecule has 0 aromatic carbocycles. The molecule has 0 radical (unpaired) electrons. The molecule has 80 valence electrons. The molecule has 0 aliphatic carbocycles. The van der Waals surface area contributed by atoms with Gasteiger partial charge in [0.1, 0.15) is 6.10 Å². The second-order valence-electron chi connectivity index (χ2n) is 3.77. The smallest absolute Gasteiger partial charge is 0.115 e. The van der Waals surface area contributed by atoms with Crippen LogP contribution in [0.3, 0.4) is 0 Å². The summed E-state index contributed by atoms with van der Waals surface area (Å²) in [5.41, 5.74) is 1.03. The van der Waals surface area contributed by atoms with Crippen LogP contribution in [0.4, 0.5) is 0 Å². The molecule has 0 saturated carbocycles. The molecule has 1 aliphatic heterocycles. The van der Waals surface area contributed by atoms with Gasteiger partial charge in [-0.3, -0.25) is 0 Å². The molecular weight excluding hydrogens is 190 g/mol. The Kier molecular flexibility index (Phi) is 3.02. The number of aromatic nitrogens is 2. The van der Waals surface area contributed by atoms with Gasteiger partial charge >= 0.3 is 0 Å². The van der Waals surface area contributed by atoms with Gasteiger partial charge in [-0.1, -0.05) is 0 Å². The van der Waals surface area contributed by atoms with E-state index in [1.807, 2.05) is 10.8 Å². The van der Waals surface area contributed by atoms with Gasteiger partial charge in [-0.25, -0.2) is 4.98 Å². The minimum atomic E-state index is -0.0915. The fourth-order valence-corrected chi connectivity index (χ4v) is 2.04. The summed E-state index contributed by atoms with van der Waals surface area (Å²) in [4.78, 5) is 4.11. The molecule has 4 nitrogen and oxygen atoms in total. The molecule has 2 unspecified atom stereocenters. The maximum atomic E-state index is 9.06. The first-order chi connectivity index (χ1) is 7.36. The van der Waals surface area contributed by atoms with E-state index in [2.05, 4.69) is 18.0 Å². The van der Waals surface area contributed by atoms with E-state index in [9.17, 15) is 0 Å². The van der Waals surface area contributed by atoms with Crippen LogP contribution < -0.4 is 0 Å². The van der Waals surface area contributed by atoms with Crippen molar-refractivity contribution in [1.29, 1.82) is 5.26 Å². The third-order valence-corrected chi connectivity index (χ3v) is 2.86. The Balaban J connectivity index is 2.24. The molecule has 0 amide bonds. The highest BCUT2D eigenvalue weighted by atomic mass is 16.5. The highest BCUT2D eigenvalue weighted by Crippen LogP contribution is 2.32. The molecule has 1 aliphatic rings. The Labute approximate surface area is 89.5 Å². The second kappa shape index (κ2) is 4.45. The Hall–Kier alpha value is -1.34. The predicted molar refractivity (Wildman–Crippen MR) is 54.9 cm³/mol. The molecule has 1 saturated heterocycles. The summed E-state index contributed by atoms with van der Waals surface area (Å²) in [6.45, 7) is 3.68. The lowest BCUT2D eigenvalue weighted by molar-refractivity contribution is -0.0147. The van der Waals surface area contributed by atoms with Crippen LogP contribution in [0, 0.1) is 17.2 Å². The number of hydrogen-bond acceptors (Lipinski definition) is 3. The van der Waals surface area contributed by atoms with E-state index in [1.165, 1.54) is 0 Å². The van der Waals surface area contributed by atoms with E-state index < -0.39 is 0 Å². The minimum absolute atomic E-state index is 0.0271. The lowest BCUT2D eigenvalue weighted by Gasteiger charge is -2.27. The zero-order chi connectivity index (χ0) is 10.7. The van der Waals surface area contributed by atoms with Crippen LogP contribution in [0.2, 0.25) is 0 Å². The quantitative estimate of drug-likeness (QED) is 0.740. The van der Waals surface area contributed by atoms with Crippen LogP contribution in [0.1, 0.15) is 31.6 Å². The van der Waals surface area contributed by atoms with Crippen LogP contribution in [0.15, 0.2) is 12.5 Å². The van der Waals surface area contributed by atoms with Gasteiger partial charge in [0.05, 0.1) is 30.2 Å². The number of ether oxygens (including phenoxy) is 1. The molecule has 0 bridgehead atoms. The third kappa shape index (κ3) is 1.88. The Morgan fingerprint density at radius 3 is 3.33 bits per heavy atom.